The molecule has 1 aliphatic rings. The number of anilines is 3. The summed E-state index contributed by atoms with van der Waals surface area (Å²) < 4.78 is 0. The molecule has 5 N–H and O–H groups in total. The van der Waals surface area contributed by atoms with E-state index in [-0.39, 0.29) is 12.1 Å². The zero-order chi connectivity index (χ0) is 14.6. The number of hydrogen-bond acceptors (Lipinski definition) is 8. The standard InChI is InChI=1S/C12H23N7O/c1-12(2,5-8-20)17-9-14-10(18-13)16-11(15-9)19-6-3-4-7-19/h20H,3-8,13H2,1-2H3,(H2,14,15,16,17,18). The fourth-order valence-electron chi connectivity index (χ4n) is 2.19. The second kappa shape index (κ2) is 6.19. The molecule has 2 rings (SSSR count). The highest BCUT2D eigenvalue weighted by Gasteiger charge is 2.21. The SMILES string of the molecule is CC(C)(CCO)Nc1nc(NN)nc(N2CCCC2)n1. The van der Waals surface area contributed by atoms with Gasteiger partial charge in [-0.2, -0.15) is 15.0 Å². The summed E-state index contributed by atoms with van der Waals surface area (Å²) in [5.74, 6) is 6.86. The minimum Gasteiger partial charge on any atom is -0.396 e. The van der Waals surface area contributed by atoms with Gasteiger partial charge in [0, 0.05) is 25.2 Å². The first kappa shape index (κ1) is 14.7. The van der Waals surface area contributed by atoms with Crippen LogP contribution in [0.15, 0.2) is 0 Å². The summed E-state index contributed by atoms with van der Waals surface area (Å²) in [7, 11) is 0. The third-order valence-electron chi connectivity index (χ3n) is 3.33. The van der Waals surface area contributed by atoms with Crippen LogP contribution in [0.5, 0.6) is 0 Å². The van der Waals surface area contributed by atoms with Crippen molar-refractivity contribution in [3.05, 3.63) is 0 Å². The summed E-state index contributed by atoms with van der Waals surface area (Å²) >= 11 is 0. The van der Waals surface area contributed by atoms with Crippen LogP contribution in [0.3, 0.4) is 0 Å². The van der Waals surface area contributed by atoms with Gasteiger partial charge in [0.05, 0.1) is 0 Å². The first-order valence-electron chi connectivity index (χ1n) is 6.91. The molecular formula is C12H23N7O. The van der Waals surface area contributed by atoms with Gasteiger partial charge in [-0.15, -0.1) is 0 Å². The minimum atomic E-state index is -0.301. The van der Waals surface area contributed by atoms with Gasteiger partial charge in [0.15, 0.2) is 0 Å². The maximum atomic E-state index is 9.07. The number of aliphatic hydroxyl groups excluding tert-OH is 1. The molecule has 1 aromatic heterocycles. The second-order valence-corrected chi connectivity index (χ2v) is 5.60. The molecule has 0 aliphatic carbocycles. The van der Waals surface area contributed by atoms with Crippen LogP contribution in [0.4, 0.5) is 17.8 Å². The molecule has 8 nitrogen and oxygen atoms in total. The molecule has 0 aromatic carbocycles. The van der Waals surface area contributed by atoms with Crippen molar-refractivity contribution in [2.45, 2.75) is 38.6 Å². The van der Waals surface area contributed by atoms with Gasteiger partial charge < -0.3 is 15.3 Å². The van der Waals surface area contributed by atoms with Crippen molar-refractivity contribution < 1.29 is 5.11 Å². The van der Waals surface area contributed by atoms with E-state index in [1.807, 2.05) is 13.8 Å². The van der Waals surface area contributed by atoms with Gasteiger partial charge in [0.2, 0.25) is 17.8 Å². The Morgan fingerprint density at radius 2 is 1.85 bits per heavy atom. The smallest absolute Gasteiger partial charge is 0.243 e. The van der Waals surface area contributed by atoms with E-state index in [4.69, 9.17) is 10.9 Å². The topological polar surface area (TPSA) is 112 Å². The zero-order valence-electron chi connectivity index (χ0n) is 12.1. The molecule has 1 fully saturated rings. The van der Waals surface area contributed by atoms with Gasteiger partial charge in [-0.1, -0.05) is 0 Å². The largest absolute Gasteiger partial charge is 0.396 e. The Balaban J connectivity index is 2.21. The number of nitrogen functional groups attached to an aromatic ring is 1. The first-order chi connectivity index (χ1) is 9.54. The van der Waals surface area contributed by atoms with Crippen molar-refractivity contribution in [1.82, 2.24) is 15.0 Å². The molecule has 2 heterocycles. The molecule has 0 spiro atoms. The molecule has 1 aromatic rings. The van der Waals surface area contributed by atoms with E-state index in [1.165, 1.54) is 0 Å². The summed E-state index contributed by atoms with van der Waals surface area (Å²) in [6, 6.07) is 0. The molecule has 112 valence electrons. The first-order valence-corrected chi connectivity index (χ1v) is 6.91. The molecule has 0 bridgehead atoms. The Morgan fingerprint density at radius 3 is 2.45 bits per heavy atom. The molecule has 1 saturated heterocycles. The second-order valence-electron chi connectivity index (χ2n) is 5.60. The number of nitrogens with zero attached hydrogens (tertiary/aromatic N) is 4. The molecule has 8 heteroatoms. The number of rotatable bonds is 6. The van der Waals surface area contributed by atoms with E-state index in [0.717, 1.165) is 25.9 Å². The molecule has 1 aliphatic heterocycles. The van der Waals surface area contributed by atoms with Crippen molar-refractivity contribution in [2.75, 3.05) is 35.3 Å². The van der Waals surface area contributed by atoms with Gasteiger partial charge in [0.1, 0.15) is 0 Å². The number of nitrogens with one attached hydrogen (secondary N) is 2. The van der Waals surface area contributed by atoms with Crippen LogP contribution >= 0.6 is 0 Å². The highest BCUT2D eigenvalue weighted by Crippen LogP contribution is 2.21. The lowest BCUT2D eigenvalue weighted by atomic mass is 10.0. The predicted octanol–water partition coefficient (Wildman–Crippen LogP) is 0.330. The zero-order valence-corrected chi connectivity index (χ0v) is 12.1. The summed E-state index contributed by atoms with van der Waals surface area (Å²) in [6.07, 6.45) is 2.90. The number of nitrogens with two attached hydrogens (primary N) is 1. The average Bonchev–Trinajstić information content (AvgIpc) is 2.91. The van der Waals surface area contributed by atoms with Crippen molar-refractivity contribution in [1.29, 1.82) is 0 Å². The number of hydrogen-bond donors (Lipinski definition) is 4. The number of hydrazine groups is 1. The van der Waals surface area contributed by atoms with Gasteiger partial charge in [0.25, 0.3) is 0 Å². The van der Waals surface area contributed by atoms with E-state index in [2.05, 4.69) is 30.6 Å². The Bertz CT molecular complexity index is 445. The number of aliphatic hydroxyl groups is 1. The van der Waals surface area contributed by atoms with Crippen molar-refractivity contribution in [2.24, 2.45) is 5.84 Å². The molecular weight excluding hydrogens is 258 g/mol. The summed E-state index contributed by atoms with van der Waals surface area (Å²) in [6.45, 7) is 5.98. The quantitative estimate of drug-likeness (QED) is 0.436. The van der Waals surface area contributed by atoms with Crippen LogP contribution in [0.25, 0.3) is 0 Å². The molecule has 0 saturated carbocycles. The van der Waals surface area contributed by atoms with Gasteiger partial charge in [-0.3, -0.25) is 5.43 Å². The third kappa shape index (κ3) is 3.67. The van der Waals surface area contributed by atoms with Crippen LogP contribution in [-0.2, 0) is 0 Å². The van der Waals surface area contributed by atoms with Gasteiger partial charge >= 0.3 is 0 Å². The Kier molecular flexibility index (Phi) is 4.56. The van der Waals surface area contributed by atoms with Crippen LogP contribution in [0.1, 0.15) is 33.1 Å². The van der Waals surface area contributed by atoms with E-state index in [9.17, 15) is 0 Å². The molecule has 0 atom stereocenters. The summed E-state index contributed by atoms with van der Waals surface area (Å²) in [5.41, 5.74) is 2.17. The maximum absolute atomic E-state index is 9.07. The van der Waals surface area contributed by atoms with Crippen LogP contribution in [-0.4, -0.2) is 45.3 Å². The highest BCUT2D eigenvalue weighted by atomic mass is 16.3. The highest BCUT2D eigenvalue weighted by molar-refractivity contribution is 5.44. The molecule has 0 unspecified atom stereocenters. The van der Waals surface area contributed by atoms with E-state index < -0.39 is 0 Å². The lowest BCUT2D eigenvalue weighted by molar-refractivity contribution is 0.260. The molecule has 0 amide bonds. The monoisotopic (exact) mass is 281 g/mol. The van der Waals surface area contributed by atoms with Crippen molar-refractivity contribution >= 4 is 17.8 Å². The Morgan fingerprint density at radius 1 is 1.20 bits per heavy atom. The predicted molar refractivity (Wildman–Crippen MR) is 78.5 cm³/mol. The minimum absolute atomic E-state index is 0.103. The maximum Gasteiger partial charge on any atom is 0.243 e. The van der Waals surface area contributed by atoms with E-state index in [1.54, 1.807) is 0 Å². The third-order valence-corrected chi connectivity index (χ3v) is 3.33. The summed E-state index contributed by atoms with van der Waals surface area (Å²) in [4.78, 5) is 15.1. The normalized spacial score (nSPS) is 15.5. The van der Waals surface area contributed by atoms with Crippen LogP contribution < -0.4 is 21.5 Å². The van der Waals surface area contributed by atoms with Gasteiger partial charge in [-0.05, 0) is 33.1 Å². The molecule has 20 heavy (non-hydrogen) atoms. The lowest BCUT2D eigenvalue weighted by Crippen LogP contribution is -2.33. The molecule has 0 radical (unpaired) electrons. The average molecular weight is 281 g/mol. The Labute approximate surface area is 118 Å². The van der Waals surface area contributed by atoms with Gasteiger partial charge in [-0.25, -0.2) is 5.84 Å². The number of aromatic nitrogens is 3. The Hall–Kier alpha value is -1.67. The fourth-order valence-corrected chi connectivity index (χ4v) is 2.19. The van der Waals surface area contributed by atoms with Crippen molar-refractivity contribution in [3.8, 4) is 0 Å². The summed E-state index contributed by atoms with van der Waals surface area (Å²) in [5, 5.41) is 12.3. The lowest BCUT2D eigenvalue weighted by Gasteiger charge is -2.26. The van der Waals surface area contributed by atoms with E-state index >= 15 is 0 Å². The van der Waals surface area contributed by atoms with Crippen LogP contribution in [0.2, 0.25) is 0 Å². The van der Waals surface area contributed by atoms with E-state index in [0.29, 0.717) is 24.3 Å². The van der Waals surface area contributed by atoms with Crippen molar-refractivity contribution in [3.63, 3.8) is 0 Å². The fraction of sp³-hybridized carbons (Fsp3) is 0.750. The van der Waals surface area contributed by atoms with Crippen LogP contribution in [0, 0.1) is 0 Å².